The van der Waals surface area contributed by atoms with Gasteiger partial charge in [-0.3, -0.25) is 4.79 Å². The average Bonchev–Trinajstić information content (AvgIpc) is 2.16. The maximum Gasteiger partial charge on any atom is 0.326 e. The smallest absolute Gasteiger partial charge is 0.326 e. The second kappa shape index (κ2) is 3.73. The van der Waals surface area contributed by atoms with E-state index < -0.39 is 12.0 Å². The van der Waals surface area contributed by atoms with Crippen molar-refractivity contribution in [2.24, 2.45) is 0 Å². The molecule has 15 heavy (non-hydrogen) atoms. The molecular formula is C11H11NO3. The van der Waals surface area contributed by atoms with Crippen LogP contribution in [0.5, 0.6) is 0 Å². The van der Waals surface area contributed by atoms with E-state index >= 15 is 0 Å². The molecule has 1 fully saturated rings. The summed E-state index contributed by atoms with van der Waals surface area (Å²) in [5, 5.41) is 8.81. The van der Waals surface area contributed by atoms with Crippen LogP contribution in [-0.4, -0.2) is 34.5 Å². The van der Waals surface area contributed by atoms with Crippen molar-refractivity contribution in [2.45, 2.75) is 12.5 Å². The van der Waals surface area contributed by atoms with Crippen LogP contribution in [-0.2, 0) is 4.79 Å². The molecule has 0 saturated carbocycles. The van der Waals surface area contributed by atoms with Gasteiger partial charge in [-0.2, -0.15) is 0 Å². The fraction of sp³-hybridized carbons (Fsp3) is 0.273. The van der Waals surface area contributed by atoms with Crippen LogP contribution < -0.4 is 0 Å². The average molecular weight is 205 g/mol. The van der Waals surface area contributed by atoms with Crippen molar-refractivity contribution in [3.8, 4) is 0 Å². The molecule has 1 aromatic carbocycles. The predicted octanol–water partition coefficient (Wildman–Crippen LogP) is 0.986. The van der Waals surface area contributed by atoms with E-state index in [9.17, 15) is 9.59 Å². The number of carboxylic acid groups (broad SMARTS) is 1. The van der Waals surface area contributed by atoms with Gasteiger partial charge in [-0.15, -0.1) is 0 Å². The first-order chi connectivity index (χ1) is 7.20. The van der Waals surface area contributed by atoms with E-state index in [4.69, 9.17) is 5.11 Å². The Kier molecular flexibility index (Phi) is 2.41. The van der Waals surface area contributed by atoms with Crippen LogP contribution in [0.2, 0.25) is 0 Å². The molecule has 0 aromatic heterocycles. The normalized spacial score (nSPS) is 19.5. The zero-order chi connectivity index (χ0) is 10.8. The SMILES string of the molecule is O=C(O)[C@H]1CCN1C(=O)c1ccccc1. The molecule has 0 unspecified atom stereocenters. The van der Waals surface area contributed by atoms with Gasteiger partial charge in [0.25, 0.3) is 5.91 Å². The van der Waals surface area contributed by atoms with Gasteiger partial charge in [0.2, 0.25) is 0 Å². The standard InChI is InChI=1S/C11H11NO3/c13-10(8-4-2-1-3-5-8)12-7-6-9(12)11(14)15/h1-5,9H,6-7H2,(H,14,15)/t9-/m1/s1. The van der Waals surface area contributed by atoms with Gasteiger partial charge in [0.05, 0.1) is 0 Å². The van der Waals surface area contributed by atoms with E-state index in [0.717, 1.165) is 0 Å². The summed E-state index contributed by atoms with van der Waals surface area (Å²) < 4.78 is 0. The maximum atomic E-state index is 11.8. The van der Waals surface area contributed by atoms with Crippen LogP contribution in [0.3, 0.4) is 0 Å². The molecule has 0 spiro atoms. The van der Waals surface area contributed by atoms with Crippen molar-refractivity contribution >= 4 is 11.9 Å². The minimum Gasteiger partial charge on any atom is -0.480 e. The van der Waals surface area contributed by atoms with Gasteiger partial charge < -0.3 is 10.0 Å². The predicted molar refractivity (Wildman–Crippen MR) is 53.5 cm³/mol. The summed E-state index contributed by atoms with van der Waals surface area (Å²) in [6.07, 6.45) is 0.550. The Balaban J connectivity index is 2.13. The molecule has 1 aliphatic heterocycles. The number of nitrogens with zero attached hydrogens (tertiary/aromatic N) is 1. The van der Waals surface area contributed by atoms with E-state index in [1.165, 1.54) is 4.90 Å². The summed E-state index contributed by atoms with van der Waals surface area (Å²) in [5.74, 6) is -1.13. The van der Waals surface area contributed by atoms with Crippen LogP contribution in [0.4, 0.5) is 0 Å². The Labute approximate surface area is 87.1 Å². The van der Waals surface area contributed by atoms with Crippen LogP contribution in [0.1, 0.15) is 16.8 Å². The molecule has 1 N–H and O–H groups in total. The highest BCUT2D eigenvalue weighted by atomic mass is 16.4. The minimum atomic E-state index is -0.925. The first kappa shape index (κ1) is 9.71. The first-order valence-electron chi connectivity index (χ1n) is 4.79. The van der Waals surface area contributed by atoms with Crippen LogP contribution in [0.15, 0.2) is 30.3 Å². The van der Waals surface area contributed by atoms with E-state index in [1.807, 2.05) is 6.07 Å². The number of amides is 1. The van der Waals surface area contributed by atoms with E-state index in [2.05, 4.69) is 0 Å². The lowest BCUT2D eigenvalue weighted by Crippen LogP contribution is -2.55. The molecule has 1 aromatic rings. The Bertz CT molecular complexity index is 388. The highest BCUT2D eigenvalue weighted by Gasteiger charge is 2.37. The van der Waals surface area contributed by atoms with Gasteiger partial charge in [0.1, 0.15) is 6.04 Å². The summed E-state index contributed by atoms with van der Waals surface area (Å²) in [5.41, 5.74) is 0.545. The topological polar surface area (TPSA) is 57.6 Å². The largest absolute Gasteiger partial charge is 0.480 e. The molecule has 1 amide bonds. The van der Waals surface area contributed by atoms with Crippen molar-refractivity contribution in [3.05, 3.63) is 35.9 Å². The van der Waals surface area contributed by atoms with E-state index in [1.54, 1.807) is 24.3 Å². The number of hydrogen-bond acceptors (Lipinski definition) is 2. The molecular weight excluding hydrogens is 194 g/mol. The number of rotatable bonds is 2. The lowest BCUT2D eigenvalue weighted by molar-refractivity contribution is -0.146. The van der Waals surface area contributed by atoms with Crippen LogP contribution >= 0.6 is 0 Å². The fourth-order valence-corrected chi connectivity index (χ4v) is 1.63. The lowest BCUT2D eigenvalue weighted by Gasteiger charge is -2.37. The van der Waals surface area contributed by atoms with E-state index in [-0.39, 0.29) is 5.91 Å². The number of benzene rings is 1. The van der Waals surface area contributed by atoms with Gasteiger partial charge in [-0.1, -0.05) is 18.2 Å². The second-order valence-electron chi connectivity index (χ2n) is 3.51. The molecule has 1 atom stereocenters. The summed E-state index contributed by atoms with van der Waals surface area (Å²) in [7, 11) is 0. The monoisotopic (exact) mass is 205 g/mol. The number of aliphatic carboxylic acids is 1. The molecule has 1 saturated heterocycles. The zero-order valence-corrected chi connectivity index (χ0v) is 8.09. The van der Waals surface area contributed by atoms with E-state index in [0.29, 0.717) is 18.5 Å². The Morgan fingerprint density at radius 3 is 2.40 bits per heavy atom. The van der Waals surface area contributed by atoms with Crippen molar-refractivity contribution < 1.29 is 14.7 Å². The molecule has 1 aliphatic rings. The third kappa shape index (κ3) is 1.70. The number of likely N-dealkylation sites (tertiary alicyclic amines) is 1. The van der Waals surface area contributed by atoms with Gasteiger partial charge in [0.15, 0.2) is 0 Å². The highest BCUT2D eigenvalue weighted by molar-refractivity contribution is 5.97. The van der Waals surface area contributed by atoms with Gasteiger partial charge in [0, 0.05) is 12.1 Å². The summed E-state index contributed by atoms with van der Waals surface area (Å²) >= 11 is 0. The van der Waals surface area contributed by atoms with Gasteiger partial charge in [-0.05, 0) is 18.6 Å². The number of carbonyl (C=O) groups is 2. The van der Waals surface area contributed by atoms with Crippen molar-refractivity contribution in [3.63, 3.8) is 0 Å². The molecule has 0 bridgehead atoms. The highest BCUT2D eigenvalue weighted by Crippen LogP contribution is 2.20. The molecule has 0 radical (unpaired) electrons. The number of hydrogen-bond donors (Lipinski definition) is 1. The summed E-state index contributed by atoms with van der Waals surface area (Å²) in [4.78, 5) is 23.9. The van der Waals surface area contributed by atoms with Crippen LogP contribution in [0.25, 0.3) is 0 Å². The lowest BCUT2D eigenvalue weighted by atomic mass is 10.0. The van der Waals surface area contributed by atoms with Gasteiger partial charge >= 0.3 is 5.97 Å². The quantitative estimate of drug-likeness (QED) is 0.783. The van der Waals surface area contributed by atoms with Crippen molar-refractivity contribution in [1.29, 1.82) is 0 Å². The first-order valence-corrected chi connectivity index (χ1v) is 4.79. The molecule has 4 heteroatoms. The second-order valence-corrected chi connectivity index (χ2v) is 3.51. The molecule has 0 aliphatic carbocycles. The Hall–Kier alpha value is -1.84. The molecule has 4 nitrogen and oxygen atoms in total. The van der Waals surface area contributed by atoms with Crippen LogP contribution in [0, 0.1) is 0 Å². The summed E-state index contributed by atoms with van der Waals surface area (Å²) in [6.45, 7) is 0.532. The minimum absolute atomic E-state index is 0.200. The zero-order valence-electron chi connectivity index (χ0n) is 8.09. The Morgan fingerprint density at radius 2 is 1.93 bits per heavy atom. The summed E-state index contributed by atoms with van der Waals surface area (Å²) in [6, 6.07) is 8.10. The van der Waals surface area contributed by atoms with Gasteiger partial charge in [-0.25, -0.2) is 4.79 Å². The van der Waals surface area contributed by atoms with Crippen molar-refractivity contribution in [1.82, 2.24) is 4.90 Å². The molecule has 1 heterocycles. The Morgan fingerprint density at radius 1 is 1.27 bits per heavy atom. The van der Waals surface area contributed by atoms with Crippen molar-refractivity contribution in [2.75, 3.05) is 6.54 Å². The molecule has 78 valence electrons. The maximum absolute atomic E-state index is 11.8. The third-order valence-corrected chi connectivity index (χ3v) is 2.59. The number of carbonyl (C=O) groups excluding carboxylic acids is 1. The fourth-order valence-electron chi connectivity index (χ4n) is 1.63. The third-order valence-electron chi connectivity index (χ3n) is 2.59. The molecule has 2 rings (SSSR count). The number of carboxylic acids is 1.